The molecule has 0 spiro atoms. The van der Waals surface area contributed by atoms with E-state index in [0.29, 0.717) is 0 Å². The van der Waals surface area contributed by atoms with E-state index in [9.17, 15) is 19.5 Å². The Morgan fingerprint density at radius 3 is 1.86 bits per heavy atom. The Morgan fingerprint density at radius 1 is 0.955 bits per heavy atom. The van der Waals surface area contributed by atoms with Gasteiger partial charge in [-0.3, -0.25) is 14.4 Å². The number of Topliss-reactive ketones (excluding diaryl/α,β-unsaturated/α-hetero) is 1. The number of ketones is 1. The number of amides is 2. The zero-order valence-corrected chi connectivity index (χ0v) is 12.8. The molecule has 0 fully saturated rings. The molecule has 0 unspecified atom stereocenters. The van der Waals surface area contributed by atoms with E-state index in [1.165, 1.54) is 0 Å². The molecule has 0 saturated heterocycles. The van der Waals surface area contributed by atoms with Gasteiger partial charge in [0.05, 0.1) is 19.3 Å². The molecule has 0 heterocycles. The molecule has 0 aromatic carbocycles. The summed E-state index contributed by atoms with van der Waals surface area (Å²) in [5.41, 5.74) is 5.47. The molecule has 0 aliphatic rings. The van der Waals surface area contributed by atoms with Crippen LogP contribution in [0.3, 0.4) is 0 Å². The van der Waals surface area contributed by atoms with Crippen LogP contribution >= 0.6 is 0 Å². The van der Waals surface area contributed by atoms with Crippen LogP contribution in [0.4, 0.5) is 0 Å². The third-order valence-electron chi connectivity index (χ3n) is 3.00. The minimum atomic E-state index is -1.30. The standard InChI is InChI=1S/C13H25N3O6/c1-7(2)11(20)9(5-18)15-13(22)10(6-19)16-12(21)8(14)3-4-17/h7-10,17-19H,3-6,14H2,1-2H3,(H,15,22)(H,16,21)/t8-,9-,10-/m1/s1. The molecule has 0 aromatic heterocycles. The SMILES string of the molecule is CC(C)C(=O)[C@@H](CO)NC(=O)[C@@H](CO)NC(=O)[C@H](N)CCO. The largest absolute Gasteiger partial charge is 0.396 e. The van der Waals surface area contributed by atoms with Gasteiger partial charge in [0.1, 0.15) is 12.1 Å². The summed E-state index contributed by atoms with van der Waals surface area (Å²) in [6.07, 6.45) is 0.0106. The predicted octanol–water partition coefficient (Wildman–Crippen LogP) is -3.12. The van der Waals surface area contributed by atoms with Crippen molar-refractivity contribution in [1.82, 2.24) is 10.6 Å². The molecule has 0 bridgehead atoms. The molecule has 2 amide bonds. The zero-order valence-electron chi connectivity index (χ0n) is 12.8. The number of carbonyl (C=O) groups excluding carboxylic acids is 3. The van der Waals surface area contributed by atoms with Crippen LogP contribution in [-0.2, 0) is 14.4 Å². The highest BCUT2D eigenvalue weighted by molar-refractivity contribution is 5.94. The van der Waals surface area contributed by atoms with Crippen LogP contribution in [0, 0.1) is 5.92 Å². The summed E-state index contributed by atoms with van der Waals surface area (Å²) in [6, 6.07) is -3.42. The Balaban J connectivity index is 4.70. The monoisotopic (exact) mass is 319 g/mol. The molecule has 7 N–H and O–H groups in total. The van der Waals surface area contributed by atoms with Crippen molar-refractivity contribution >= 4 is 17.6 Å². The topological polar surface area (TPSA) is 162 Å². The van der Waals surface area contributed by atoms with E-state index in [2.05, 4.69) is 10.6 Å². The van der Waals surface area contributed by atoms with Gasteiger partial charge in [0.2, 0.25) is 11.8 Å². The quantitative estimate of drug-likeness (QED) is 0.248. The second kappa shape index (κ2) is 10.2. The Kier molecular flexibility index (Phi) is 9.50. The van der Waals surface area contributed by atoms with Gasteiger partial charge >= 0.3 is 0 Å². The predicted molar refractivity (Wildman–Crippen MR) is 77.6 cm³/mol. The minimum absolute atomic E-state index is 0.0106. The zero-order chi connectivity index (χ0) is 17.3. The van der Waals surface area contributed by atoms with E-state index in [-0.39, 0.29) is 18.8 Å². The summed E-state index contributed by atoms with van der Waals surface area (Å²) < 4.78 is 0. The average molecular weight is 319 g/mol. The number of hydrogen-bond acceptors (Lipinski definition) is 7. The van der Waals surface area contributed by atoms with Gasteiger partial charge in [0, 0.05) is 12.5 Å². The van der Waals surface area contributed by atoms with Gasteiger partial charge in [0.25, 0.3) is 0 Å². The normalized spacial score (nSPS) is 15.0. The summed E-state index contributed by atoms with van der Waals surface area (Å²) in [5.74, 6) is -2.27. The molecule has 0 radical (unpaired) electrons. The molecular weight excluding hydrogens is 294 g/mol. The Morgan fingerprint density at radius 2 is 1.45 bits per heavy atom. The van der Waals surface area contributed by atoms with Crippen LogP contribution in [0.1, 0.15) is 20.3 Å². The molecule has 0 saturated carbocycles. The lowest BCUT2D eigenvalue weighted by atomic mass is 10.0. The maximum Gasteiger partial charge on any atom is 0.245 e. The van der Waals surface area contributed by atoms with Crippen molar-refractivity contribution in [3.63, 3.8) is 0 Å². The molecule has 9 heteroatoms. The number of nitrogens with two attached hydrogens (primary N) is 1. The maximum atomic E-state index is 11.9. The number of carbonyl (C=O) groups is 3. The first-order chi connectivity index (χ1) is 10.3. The van der Waals surface area contributed by atoms with E-state index in [1.54, 1.807) is 13.8 Å². The smallest absolute Gasteiger partial charge is 0.245 e. The summed E-state index contributed by atoms with van der Waals surface area (Å²) >= 11 is 0. The van der Waals surface area contributed by atoms with Crippen LogP contribution in [0.25, 0.3) is 0 Å². The van der Waals surface area contributed by atoms with E-state index >= 15 is 0 Å². The fourth-order valence-corrected chi connectivity index (χ4v) is 1.62. The molecule has 9 nitrogen and oxygen atoms in total. The maximum absolute atomic E-state index is 11.9. The van der Waals surface area contributed by atoms with Crippen molar-refractivity contribution in [3.8, 4) is 0 Å². The highest BCUT2D eigenvalue weighted by atomic mass is 16.3. The first-order valence-corrected chi connectivity index (χ1v) is 7.01. The summed E-state index contributed by atoms with van der Waals surface area (Å²) in [4.78, 5) is 35.4. The molecule has 0 aliphatic heterocycles. The van der Waals surface area contributed by atoms with Gasteiger partial charge in [-0.2, -0.15) is 0 Å². The summed E-state index contributed by atoms with van der Waals surface area (Å²) in [6.45, 7) is 1.67. The van der Waals surface area contributed by atoms with Crippen LogP contribution in [0.15, 0.2) is 0 Å². The van der Waals surface area contributed by atoms with Crippen LogP contribution in [0.2, 0.25) is 0 Å². The molecular formula is C13H25N3O6. The summed E-state index contributed by atoms with van der Waals surface area (Å²) in [7, 11) is 0. The molecule has 0 aromatic rings. The third-order valence-corrected chi connectivity index (χ3v) is 3.00. The van der Waals surface area contributed by atoms with Crippen molar-refractivity contribution in [2.75, 3.05) is 19.8 Å². The van der Waals surface area contributed by atoms with Crippen LogP contribution in [-0.4, -0.2) is 70.9 Å². The number of hydrogen-bond donors (Lipinski definition) is 6. The Bertz CT molecular complexity index is 388. The van der Waals surface area contributed by atoms with Gasteiger partial charge in [-0.05, 0) is 6.42 Å². The van der Waals surface area contributed by atoms with Crippen molar-refractivity contribution in [3.05, 3.63) is 0 Å². The van der Waals surface area contributed by atoms with Crippen molar-refractivity contribution in [1.29, 1.82) is 0 Å². The van der Waals surface area contributed by atoms with Gasteiger partial charge in [-0.25, -0.2) is 0 Å². The fourth-order valence-electron chi connectivity index (χ4n) is 1.62. The van der Waals surface area contributed by atoms with Crippen molar-refractivity contribution < 1.29 is 29.7 Å². The highest BCUT2D eigenvalue weighted by Crippen LogP contribution is 2.00. The lowest BCUT2D eigenvalue weighted by Crippen LogP contribution is -2.56. The van der Waals surface area contributed by atoms with Crippen molar-refractivity contribution in [2.45, 2.75) is 38.4 Å². The Labute approximate surface area is 128 Å². The first kappa shape index (κ1) is 20.5. The highest BCUT2D eigenvalue weighted by Gasteiger charge is 2.28. The molecule has 22 heavy (non-hydrogen) atoms. The van der Waals surface area contributed by atoms with E-state index in [0.717, 1.165) is 0 Å². The minimum Gasteiger partial charge on any atom is -0.396 e. The summed E-state index contributed by atoms with van der Waals surface area (Å²) in [5, 5.41) is 31.5. The number of rotatable bonds is 10. The first-order valence-electron chi connectivity index (χ1n) is 7.01. The van der Waals surface area contributed by atoms with Gasteiger partial charge < -0.3 is 31.7 Å². The fraction of sp³-hybridized carbons (Fsp3) is 0.769. The van der Waals surface area contributed by atoms with E-state index in [1.807, 2.05) is 0 Å². The lowest BCUT2D eigenvalue weighted by molar-refractivity contribution is -0.134. The third kappa shape index (κ3) is 6.48. The van der Waals surface area contributed by atoms with Crippen LogP contribution in [0.5, 0.6) is 0 Å². The molecule has 128 valence electrons. The number of aliphatic hydroxyl groups excluding tert-OH is 3. The van der Waals surface area contributed by atoms with Gasteiger partial charge in [-0.15, -0.1) is 0 Å². The van der Waals surface area contributed by atoms with Crippen LogP contribution < -0.4 is 16.4 Å². The van der Waals surface area contributed by atoms with E-state index in [4.69, 9.17) is 15.9 Å². The lowest BCUT2D eigenvalue weighted by Gasteiger charge is -2.22. The van der Waals surface area contributed by atoms with Gasteiger partial charge in [-0.1, -0.05) is 13.8 Å². The number of aliphatic hydroxyl groups is 3. The molecule has 3 atom stereocenters. The molecule has 0 rings (SSSR count). The Hall–Kier alpha value is -1.55. The van der Waals surface area contributed by atoms with E-state index < -0.39 is 49.1 Å². The van der Waals surface area contributed by atoms with Gasteiger partial charge in [0.15, 0.2) is 5.78 Å². The molecule has 0 aliphatic carbocycles. The van der Waals surface area contributed by atoms with Crippen molar-refractivity contribution in [2.24, 2.45) is 11.7 Å². The second-order valence-corrected chi connectivity index (χ2v) is 5.16. The average Bonchev–Trinajstić information content (AvgIpc) is 2.48. The number of nitrogens with one attached hydrogen (secondary N) is 2. The second-order valence-electron chi connectivity index (χ2n) is 5.16.